The molecule has 0 aromatic carbocycles. The average molecular weight is 284 g/mol. The lowest BCUT2D eigenvalue weighted by atomic mass is 9.89. The van der Waals surface area contributed by atoms with E-state index >= 15 is 0 Å². The molecule has 1 aromatic rings. The molecule has 0 aliphatic carbocycles. The second-order valence-corrected chi connectivity index (χ2v) is 5.81. The lowest BCUT2D eigenvalue weighted by Crippen LogP contribution is -2.81. The molecule has 0 bridgehead atoms. The molecule has 0 spiro atoms. The Labute approximate surface area is 115 Å². The van der Waals surface area contributed by atoms with Crippen molar-refractivity contribution in [3.8, 4) is 0 Å². The van der Waals surface area contributed by atoms with Crippen LogP contribution in [0.3, 0.4) is 0 Å². The molecule has 2 atom stereocenters. The van der Waals surface area contributed by atoms with Gasteiger partial charge in [-0.05, 0) is 24.7 Å². The molecule has 6 nitrogen and oxygen atoms in total. The monoisotopic (exact) mass is 284 g/mol. The Morgan fingerprint density at radius 3 is 3.11 bits per heavy atom. The molecule has 2 heterocycles. The van der Waals surface area contributed by atoms with Crippen molar-refractivity contribution < 1.29 is 19.6 Å². The Hall–Kier alpha value is -1.34. The minimum Gasteiger partial charge on any atom is -0.451 e. The fourth-order valence-electron chi connectivity index (χ4n) is 2.31. The molecular weight excluding hydrogens is 266 g/mol. The number of aromatic nitrogens is 2. The summed E-state index contributed by atoms with van der Waals surface area (Å²) in [5.74, 6) is -0.455. The zero-order valence-electron chi connectivity index (χ0n) is 11.1. The summed E-state index contributed by atoms with van der Waals surface area (Å²) in [6.07, 6.45) is 2.19. The minimum absolute atomic E-state index is 0.0744. The first-order valence-corrected chi connectivity index (χ1v) is 7.28. The van der Waals surface area contributed by atoms with E-state index in [1.54, 1.807) is 17.8 Å². The van der Waals surface area contributed by atoms with Crippen LogP contribution < -0.4 is 5.32 Å². The number of hydrogen-bond acceptors (Lipinski definition) is 6. The zero-order chi connectivity index (χ0) is 13.9. The molecule has 2 rings (SSSR count). The van der Waals surface area contributed by atoms with Crippen LogP contribution >= 0.6 is 11.3 Å². The number of Topliss-reactive ketones (excluding diaryl/α,β-unsaturated/α-hetero) is 1. The maximum atomic E-state index is 12.2. The number of esters is 1. The third kappa shape index (κ3) is 3.16. The van der Waals surface area contributed by atoms with Crippen LogP contribution in [-0.4, -0.2) is 34.1 Å². The number of cyclic esters (lactones) is 1. The fourth-order valence-corrected chi connectivity index (χ4v) is 2.78. The quantitative estimate of drug-likeness (QED) is 0.765. The highest BCUT2D eigenvalue weighted by atomic mass is 32.1. The molecule has 2 unspecified atom stereocenters. The number of carbonyl (C=O) groups excluding carboxylic acids is 2. The molecule has 0 radical (unpaired) electrons. The molecule has 1 aliphatic rings. The molecule has 7 heteroatoms. The van der Waals surface area contributed by atoms with Crippen LogP contribution in [0.15, 0.2) is 5.51 Å². The molecule has 1 aliphatic heterocycles. The largest absolute Gasteiger partial charge is 0.451 e. The lowest BCUT2D eigenvalue weighted by Gasteiger charge is -2.19. The average Bonchev–Trinajstić information content (AvgIpc) is 2.96. The first-order valence-electron chi connectivity index (χ1n) is 6.40. The van der Waals surface area contributed by atoms with E-state index in [0.717, 1.165) is 12.8 Å². The molecule has 1 aromatic heterocycles. The number of ether oxygens (including phenoxy) is 1. The Balaban J connectivity index is 1.93. The van der Waals surface area contributed by atoms with Gasteiger partial charge in [-0.3, -0.25) is 14.9 Å². The molecular formula is C12H18N3O3S+. The number of carbonyl (C=O) groups is 2. The van der Waals surface area contributed by atoms with Gasteiger partial charge in [0.05, 0.1) is 5.92 Å². The Kier molecular flexibility index (Phi) is 4.26. The van der Waals surface area contributed by atoms with Crippen LogP contribution in [0.25, 0.3) is 0 Å². The highest BCUT2D eigenvalue weighted by Crippen LogP contribution is 2.34. The summed E-state index contributed by atoms with van der Waals surface area (Å²) >= 11 is 1.38. The lowest BCUT2D eigenvalue weighted by molar-refractivity contribution is -0.559. The summed E-state index contributed by atoms with van der Waals surface area (Å²) in [7, 11) is 0. The van der Waals surface area contributed by atoms with Crippen LogP contribution in [0.4, 0.5) is 5.13 Å². The third-order valence-electron chi connectivity index (χ3n) is 3.36. The first kappa shape index (κ1) is 14.1. The van der Waals surface area contributed by atoms with Gasteiger partial charge in [0.1, 0.15) is 12.1 Å². The van der Waals surface area contributed by atoms with Crippen LogP contribution in [0.1, 0.15) is 33.1 Å². The Morgan fingerprint density at radius 2 is 2.47 bits per heavy atom. The first-order chi connectivity index (χ1) is 9.05. The summed E-state index contributed by atoms with van der Waals surface area (Å²) < 4.78 is 5.30. The van der Waals surface area contributed by atoms with Gasteiger partial charge in [-0.1, -0.05) is 18.4 Å². The van der Waals surface area contributed by atoms with E-state index in [4.69, 9.17) is 4.74 Å². The number of rotatable bonds is 6. The van der Waals surface area contributed by atoms with Gasteiger partial charge in [-0.15, -0.1) is 5.10 Å². The van der Waals surface area contributed by atoms with Crippen molar-refractivity contribution in [2.45, 2.75) is 38.7 Å². The molecule has 0 saturated carbocycles. The van der Waals surface area contributed by atoms with E-state index in [1.165, 1.54) is 11.3 Å². The number of quaternary nitrogens is 1. The van der Waals surface area contributed by atoms with E-state index < -0.39 is 5.60 Å². The normalized spacial score (nSPS) is 26.4. The number of hydrogen-bond donors (Lipinski definition) is 1. The molecule has 104 valence electrons. The molecule has 2 N–H and O–H groups in total. The summed E-state index contributed by atoms with van der Waals surface area (Å²) in [6, 6.07) is 0. The van der Waals surface area contributed by atoms with E-state index in [-0.39, 0.29) is 24.2 Å². The molecule has 1 saturated heterocycles. The van der Waals surface area contributed by atoms with E-state index in [2.05, 4.69) is 10.2 Å². The van der Waals surface area contributed by atoms with E-state index in [0.29, 0.717) is 11.6 Å². The highest BCUT2D eigenvalue weighted by molar-refractivity contribution is 7.12. The maximum Gasteiger partial charge on any atom is 0.310 e. The third-order valence-corrected chi connectivity index (χ3v) is 4.05. The van der Waals surface area contributed by atoms with Crippen molar-refractivity contribution in [1.82, 2.24) is 10.2 Å². The van der Waals surface area contributed by atoms with Gasteiger partial charge in [0, 0.05) is 6.42 Å². The minimum atomic E-state index is -0.974. The number of ketones is 1. The predicted molar refractivity (Wildman–Crippen MR) is 68.9 cm³/mol. The zero-order valence-corrected chi connectivity index (χ0v) is 11.9. The fraction of sp³-hybridized carbons (Fsp3) is 0.667. The van der Waals surface area contributed by atoms with E-state index in [9.17, 15) is 9.59 Å². The summed E-state index contributed by atoms with van der Waals surface area (Å²) in [4.78, 5) is 23.9. The van der Waals surface area contributed by atoms with Gasteiger partial charge in [0.25, 0.3) is 0 Å². The van der Waals surface area contributed by atoms with E-state index in [1.807, 2.05) is 6.92 Å². The SMILES string of the molecule is CCCC1CC(C)(C(=O)C[NH2+]c2nncs2)OC1=O. The second-order valence-electron chi connectivity index (χ2n) is 4.95. The van der Waals surface area contributed by atoms with Crippen LogP contribution in [-0.2, 0) is 14.3 Å². The van der Waals surface area contributed by atoms with Crippen LogP contribution in [0, 0.1) is 5.92 Å². The van der Waals surface area contributed by atoms with Crippen molar-refractivity contribution in [1.29, 1.82) is 0 Å². The molecule has 1 fully saturated rings. The predicted octanol–water partition coefficient (Wildman–Crippen LogP) is 0.424. The number of nitrogens with zero attached hydrogens (tertiary/aromatic N) is 2. The van der Waals surface area contributed by atoms with Gasteiger partial charge in [-0.2, -0.15) is 0 Å². The van der Waals surface area contributed by atoms with Crippen molar-refractivity contribution >= 4 is 28.2 Å². The Morgan fingerprint density at radius 1 is 1.68 bits per heavy atom. The van der Waals surface area contributed by atoms with Crippen molar-refractivity contribution in [3.63, 3.8) is 0 Å². The van der Waals surface area contributed by atoms with Gasteiger partial charge in [0.2, 0.25) is 5.78 Å². The van der Waals surface area contributed by atoms with Gasteiger partial charge in [-0.25, -0.2) is 0 Å². The summed E-state index contributed by atoms with van der Waals surface area (Å²) in [5.41, 5.74) is 0.642. The van der Waals surface area contributed by atoms with Crippen molar-refractivity contribution in [2.75, 3.05) is 6.54 Å². The van der Waals surface area contributed by atoms with Gasteiger partial charge in [0.15, 0.2) is 5.60 Å². The smallest absolute Gasteiger partial charge is 0.310 e. The second kappa shape index (κ2) is 5.75. The van der Waals surface area contributed by atoms with Gasteiger partial charge < -0.3 is 4.74 Å². The van der Waals surface area contributed by atoms with Crippen LogP contribution in [0.5, 0.6) is 0 Å². The standard InChI is InChI=1S/C12H17N3O3S/c1-3-4-8-5-12(2,18-10(8)17)9(16)6-13-11-15-14-7-19-11/h7-8H,3-6H2,1-2H3,(H,13,15)/p+1. The summed E-state index contributed by atoms with van der Waals surface area (Å²) in [5, 5.41) is 10.00. The highest BCUT2D eigenvalue weighted by Gasteiger charge is 2.48. The molecule has 19 heavy (non-hydrogen) atoms. The Bertz CT molecular complexity index is 463. The van der Waals surface area contributed by atoms with Crippen LogP contribution in [0.2, 0.25) is 0 Å². The summed E-state index contributed by atoms with van der Waals surface area (Å²) in [6.45, 7) is 3.95. The maximum absolute atomic E-state index is 12.2. The topological polar surface area (TPSA) is 85.8 Å². The molecule has 0 amide bonds. The van der Waals surface area contributed by atoms with Crippen molar-refractivity contribution in [2.24, 2.45) is 5.92 Å². The number of nitrogens with two attached hydrogens (primary N) is 1. The van der Waals surface area contributed by atoms with Crippen molar-refractivity contribution in [3.05, 3.63) is 5.51 Å². The van der Waals surface area contributed by atoms with Gasteiger partial charge >= 0.3 is 11.1 Å².